The van der Waals surface area contributed by atoms with Crippen LogP contribution in [-0.4, -0.2) is 27.5 Å². The molecule has 1 saturated heterocycles. The van der Waals surface area contributed by atoms with E-state index in [1.165, 1.54) is 55.7 Å². The first kappa shape index (κ1) is 15.4. The highest BCUT2D eigenvalue weighted by Gasteiger charge is 2.15. The molecular formula is C21H25N3. The predicted molar refractivity (Wildman–Crippen MR) is 99.0 cm³/mol. The van der Waals surface area contributed by atoms with Crippen molar-refractivity contribution in [2.45, 2.75) is 38.8 Å². The van der Waals surface area contributed by atoms with Crippen molar-refractivity contribution >= 4 is 11.0 Å². The standard InChI is InChI=1S/C21H25N3/c1-2-9-15-23(14-8-1)17-21-22-19-12-6-7-13-20(19)24(21)16-18-10-4-3-5-11-18/h3-7,10-13H,1-2,8-9,14-17H2. The molecule has 0 unspecified atom stereocenters. The number of rotatable bonds is 4. The van der Waals surface area contributed by atoms with Gasteiger partial charge in [-0.15, -0.1) is 0 Å². The van der Waals surface area contributed by atoms with Crippen LogP contribution in [0.25, 0.3) is 11.0 Å². The lowest BCUT2D eigenvalue weighted by Crippen LogP contribution is -2.26. The number of benzene rings is 2. The van der Waals surface area contributed by atoms with E-state index in [2.05, 4.69) is 64.1 Å². The number of fused-ring (bicyclic) bond motifs is 1. The van der Waals surface area contributed by atoms with Crippen LogP contribution in [0.4, 0.5) is 0 Å². The van der Waals surface area contributed by atoms with E-state index < -0.39 is 0 Å². The van der Waals surface area contributed by atoms with Crippen molar-refractivity contribution in [3.05, 3.63) is 66.0 Å². The molecule has 1 fully saturated rings. The van der Waals surface area contributed by atoms with E-state index in [1.54, 1.807) is 0 Å². The molecule has 0 radical (unpaired) electrons. The maximum absolute atomic E-state index is 4.95. The highest BCUT2D eigenvalue weighted by atomic mass is 15.2. The summed E-state index contributed by atoms with van der Waals surface area (Å²) in [6, 6.07) is 19.2. The first-order valence-corrected chi connectivity index (χ1v) is 9.10. The Balaban J connectivity index is 1.67. The third-order valence-corrected chi connectivity index (χ3v) is 4.98. The zero-order chi connectivity index (χ0) is 16.2. The Morgan fingerprint density at radius 2 is 1.46 bits per heavy atom. The minimum Gasteiger partial charge on any atom is -0.322 e. The lowest BCUT2D eigenvalue weighted by molar-refractivity contribution is 0.267. The maximum Gasteiger partial charge on any atom is 0.124 e. The summed E-state index contributed by atoms with van der Waals surface area (Å²) in [7, 11) is 0. The predicted octanol–water partition coefficient (Wildman–Crippen LogP) is 4.46. The number of para-hydroxylation sites is 2. The number of hydrogen-bond acceptors (Lipinski definition) is 2. The normalized spacial score (nSPS) is 16.3. The summed E-state index contributed by atoms with van der Waals surface area (Å²) in [6.07, 6.45) is 5.38. The quantitative estimate of drug-likeness (QED) is 0.708. The molecule has 1 aliphatic heterocycles. The summed E-state index contributed by atoms with van der Waals surface area (Å²) in [4.78, 5) is 7.53. The summed E-state index contributed by atoms with van der Waals surface area (Å²) < 4.78 is 2.40. The Hall–Kier alpha value is -2.13. The second-order valence-electron chi connectivity index (χ2n) is 6.78. The third-order valence-electron chi connectivity index (χ3n) is 4.98. The molecule has 1 aromatic heterocycles. The van der Waals surface area contributed by atoms with Crippen LogP contribution in [0.2, 0.25) is 0 Å². The monoisotopic (exact) mass is 319 g/mol. The largest absolute Gasteiger partial charge is 0.322 e. The lowest BCUT2D eigenvalue weighted by Gasteiger charge is -2.20. The molecule has 3 nitrogen and oxygen atoms in total. The Morgan fingerprint density at radius 1 is 0.750 bits per heavy atom. The first-order chi connectivity index (χ1) is 11.9. The smallest absolute Gasteiger partial charge is 0.124 e. The molecular weight excluding hydrogens is 294 g/mol. The van der Waals surface area contributed by atoms with Gasteiger partial charge in [-0.2, -0.15) is 0 Å². The Bertz CT molecular complexity index is 783. The number of likely N-dealkylation sites (tertiary alicyclic amines) is 1. The van der Waals surface area contributed by atoms with Crippen molar-refractivity contribution in [2.75, 3.05) is 13.1 Å². The van der Waals surface area contributed by atoms with Gasteiger partial charge < -0.3 is 4.57 Å². The van der Waals surface area contributed by atoms with Gasteiger partial charge in [-0.25, -0.2) is 4.98 Å². The summed E-state index contributed by atoms with van der Waals surface area (Å²) >= 11 is 0. The summed E-state index contributed by atoms with van der Waals surface area (Å²) in [6.45, 7) is 4.26. The molecule has 4 rings (SSSR count). The fraction of sp³-hybridized carbons (Fsp3) is 0.381. The average molecular weight is 319 g/mol. The van der Waals surface area contributed by atoms with Gasteiger partial charge in [-0.1, -0.05) is 55.3 Å². The van der Waals surface area contributed by atoms with Crippen LogP contribution in [0, 0.1) is 0 Å². The van der Waals surface area contributed by atoms with E-state index in [-0.39, 0.29) is 0 Å². The molecule has 24 heavy (non-hydrogen) atoms. The summed E-state index contributed by atoms with van der Waals surface area (Å²) in [5.41, 5.74) is 3.68. The highest BCUT2D eigenvalue weighted by Crippen LogP contribution is 2.20. The van der Waals surface area contributed by atoms with Gasteiger partial charge in [0.15, 0.2) is 0 Å². The molecule has 2 heterocycles. The molecule has 124 valence electrons. The van der Waals surface area contributed by atoms with Crippen molar-refractivity contribution in [2.24, 2.45) is 0 Å². The van der Waals surface area contributed by atoms with Crippen LogP contribution in [-0.2, 0) is 13.1 Å². The molecule has 0 aliphatic carbocycles. The Morgan fingerprint density at radius 3 is 2.25 bits per heavy atom. The van der Waals surface area contributed by atoms with E-state index in [0.29, 0.717) is 0 Å². The fourth-order valence-electron chi connectivity index (χ4n) is 3.68. The number of aromatic nitrogens is 2. The summed E-state index contributed by atoms with van der Waals surface area (Å²) in [5.74, 6) is 1.20. The molecule has 0 saturated carbocycles. The molecule has 3 aromatic rings. The van der Waals surface area contributed by atoms with Crippen molar-refractivity contribution < 1.29 is 0 Å². The van der Waals surface area contributed by atoms with Gasteiger partial charge in [0.2, 0.25) is 0 Å². The van der Waals surface area contributed by atoms with E-state index in [1.807, 2.05) is 0 Å². The third kappa shape index (κ3) is 3.36. The van der Waals surface area contributed by atoms with Gasteiger partial charge >= 0.3 is 0 Å². The lowest BCUT2D eigenvalue weighted by atomic mass is 10.2. The van der Waals surface area contributed by atoms with Crippen LogP contribution < -0.4 is 0 Å². The van der Waals surface area contributed by atoms with Crippen LogP contribution in [0.5, 0.6) is 0 Å². The minimum absolute atomic E-state index is 0.893. The molecule has 0 spiro atoms. The molecule has 0 atom stereocenters. The second-order valence-corrected chi connectivity index (χ2v) is 6.78. The number of nitrogens with zero attached hydrogens (tertiary/aromatic N) is 3. The van der Waals surface area contributed by atoms with Crippen molar-refractivity contribution in [1.82, 2.24) is 14.5 Å². The zero-order valence-electron chi connectivity index (χ0n) is 14.2. The SMILES string of the molecule is c1ccc(Cn2c(CN3CCCCCC3)nc3ccccc32)cc1. The van der Waals surface area contributed by atoms with Gasteiger partial charge in [0.25, 0.3) is 0 Å². The van der Waals surface area contributed by atoms with Crippen molar-refractivity contribution in [3.63, 3.8) is 0 Å². The molecule has 1 aliphatic rings. The van der Waals surface area contributed by atoms with Gasteiger partial charge in [0.1, 0.15) is 5.82 Å². The molecule has 3 heteroatoms. The van der Waals surface area contributed by atoms with Gasteiger partial charge in [-0.05, 0) is 43.6 Å². The molecule has 0 amide bonds. The van der Waals surface area contributed by atoms with Gasteiger partial charge in [0, 0.05) is 6.54 Å². The molecule has 0 N–H and O–H groups in total. The maximum atomic E-state index is 4.95. The number of imidazole rings is 1. The number of hydrogen-bond donors (Lipinski definition) is 0. The van der Waals surface area contributed by atoms with Crippen LogP contribution in [0.3, 0.4) is 0 Å². The van der Waals surface area contributed by atoms with Crippen LogP contribution in [0.15, 0.2) is 54.6 Å². The topological polar surface area (TPSA) is 21.1 Å². The average Bonchev–Trinajstić information content (AvgIpc) is 2.79. The van der Waals surface area contributed by atoms with E-state index >= 15 is 0 Å². The first-order valence-electron chi connectivity index (χ1n) is 9.10. The van der Waals surface area contributed by atoms with Gasteiger partial charge in [-0.3, -0.25) is 4.90 Å². The van der Waals surface area contributed by atoms with E-state index in [4.69, 9.17) is 4.98 Å². The van der Waals surface area contributed by atoms with E-state index in [0.717, 1.165) is 18.6 Å². The van der Waals surface area contributed by atoms with E-state index in [9.17, 15) is 0 Å². The second kappa shape index (κ2) is 7.18. The fourth-order valence-corrected chi connectivity index (χ4v) is 3.68. The van der Waals surface area contributed by atoms with Crippen LogP contribution in [0.1, 0.15) is 37.1 Å². The zero-order valence-corrected chi connectivity index (χ0v) is 14.2. The highest BCUT2D eigenvalue weighted by molar-refractivity contribution is 5.76. The van der Waals surface area contributed by atoms with Crippen molar-refractivity contribution in [3.8, 4) is 0 Å². The molecule has 0 bridgehead atoms. The van der Waals surface area contributed by atoms with Crippen LogP contribution >= 0.6 is 0 Å². The summed E-state index contributed by atoms with van der Waals surface area (Å²) in [5, 5.41) is 0. The Labute approximate surface area is 143 Å². The minimum atomic E-state index is 0.893. The molecule has 2 aromatic carbocycles. The Kier molecular flexibility index (Phi) is 4.61. The van der Waals surface area contributed by atoms with Crippen molar-refractivity contribution in [1.29, 1.82) is 0 Å². The van der Waals surface area contributed by atoms with Gasteiger partial charge in [0.05, 0.1) is 17.6 Å².